The van der Waals surface area contributed by atoms with Gasteiger partial charge in [-0.2, -0.15) is 0 Å². The van der Waals surface area contributed by atoms with Crippen LogP contribution in [-0.2, 0) is 9.59 Å². The third kappa shape index (κ3) is 2.38. The van der Waals surface area contributed by atoms with Crippen LogP contribution in [0.25, 0.3) is 0 Å². The van der Waals surface area contributed by atoms with Crippen molar-refractivity contribution in [3.8, 4) is 0 Å². The van der Waals surface area contributed by atoms with Crippen LogP contribution < -0.4 is 0 Å². The zero-order chi connectivity index (χ0) is 23.3. The maximum absolute atomic E-state index is 16.9. The molecule has 9 heteroatoms. The summed E-state index contributed by atoms with van der Waals surface area (Å²) in [6, 6.07) is 0. The molecule has 0 amide bonds. The van der Waals surface area contributed by atoms with E-state index in [1.807, 2.05) is 0 Å². The third-order valence-electron chi connectivity index (χ3n) is 8.90. The molecule has 0 aromatic carbocycles. The second-order valence-electron chi connectivity index (χ2n) is 10.1. The molecule has 3 saturated carbocycles. The summed E-state index contributed by atoms with van der Waals surface area (Å²) in [5, 5.41) is 41.3. The highest BCUT2D eigenvalue weighted by atomic mass is 19.2. The van der Waals surface area contributed by atoms with Crippen molar-refractivity contribution in [2.75, 3.05) is 0 Å². The number of halogens is 3. The van der Waals surface area contributed by atoms with Gasteiger partial charge >= 0.3 is 0 Å². The van der Waals surface area contributed by atoms with Crippen LogP contribution in [0.15, 0.2) is 23.6 Å². The van der Waals surface area contributed by atoms with E-state index in [-0.39, 0.29) is 6.42 Å². The Hall–Kier alpha value is -1.55. The molecule has 0 aliphatic heterocycles. The van der Waals surface area contributed by atoms with E-state index in [0.29, 0.717) is 0 Å². The van der Waals surface area contributed by atoms with Crippen LogP contribution in [0.5, 0.6) is 0 Å². The first-order valence-corrected chi connectivity index (χ1v) is 10.5. The minimum Gasteiger partial charge on any atom is -0.390 e. The summed E-state index contributed by atoms with van der Waals surface area (Å²) in [5.41, 5.74) is -8.87. The van der Waals surface area contributed by atoms with Crippen LogP contribution >= 0.6 is 0 Å². The first-order valence-electron chi connectivity index (χ1n) is 10.5. The van der Waals surface area contributed by atoms with Gasteiger partial charge in [-0.1, -0.05) is 19.9 Å². The number of rotatable bonds is 2. The minimum absolute atomic E-state index is 0.0709. The van der Waals surface area contributed by atoms with Crippen LogP contribution in [0.2, 0.25) is 0 Å². The van der Waals surface area contributed by atoms with Gasteiger partial charge in [-0.25, -0.2) is 13.2 Å². The SMILES string of the molecule is CC1C[C@H]2[C@@H]3CC(F)C4=C(F)C(=O)C=C[C@]4(C)[C@@]3(F)C(O)C[C@]2(C)[C@@]1(O)C(=O)C(O)O. The third-order valence-corrected chi connectivity index (χ3v) is 8.90. The average molecular weight is 444 g/mol. The Morgan fingerprint density at radius 3 is 2.42 bits per heavy atom. The number of allylic oxidation sites excluding steroid dienone is 4. The lowest BCUT2D eigenvalue weighted by Crippen LogP contribution is -2.71. The van der Waals surface area contributed by atoms with Crippen molar-refractivity contribution in [3.63, 3.8) is 0 Å². The normalized spacial score (nSPS) is 51.6. The molecule has 172 valence electrons. The highest BCUT2D eigenvalue weighted by molar-refractivity contribution is 6.04. The second kappa shape index (κ2) is 6.50. The molecule has 6 nitrogen and oxygen atoms in total. The topological polar surface area (TPSA) is 115 Å². The monoisotopic (exact) mass is 444 g/mol. The van der Waals surface area contributed by atoms with Gasteiger partial charge in [0.15, 0.2) is 11.5 Å². The predicted molar refractivity (Wildman–Crippen MR) is 101 cm³/mol. The van der Waals surface area contributed by atoms with Crippen molar-refractivity contribution >= 4 is 11.6 Å². The first kappa shape index (κ1) is 22.6. The van der Waals surface area contributed by atoms with E-state index in [1.165, 1.54) is 20.8 Å². The molecule has 4 N–H and O–H groups in total. The summed E-state index contributed by atoms with van der Waals surface area (Å²) in [5.74, 6) is -6.52. The Labute approximate surface area is 177 Å². The fourth-order valence-electron chi connectivity index (χ4n) is 7.35. The average Bonchev–Trinajstić information content (AvgIpc) is 2.88. The zero-order valence-corrected chi connectivity index (χ0v) is 17.5. The van der Waals surface area contributed by atoms with Gasteiger partial charge < -0.3 is 20.4 Å². The molecule has 4 rings (SSSR count). The lowest BCUT2D eigenvalue weighted by molar-refractivity contribution is -0.229. The van der Waals surface area contributed by atoms with Crippen molar-refractivity contribution in [1.29, 1.82) is 0 Å². The van der Waals surface area contributed by atoms with E-state index in [0.717, 1.165) is 12.2 Å². The number of hydrogen-bond donors (Lipinski definition) is 4. The highest BCUT2D eigenvalue weighted by Crippen LogP contribution is 2.71. The van der Waals surface area contributed by atoms with Gasteiger partial charge in [0.2, 0.25) is 17.9 Å². The van der Waals surface area contributed by atoms with E-state index in [2.05, 4.69) is 0 Å². The first-order chi connectivity index (χ1) is 14.2. The quantitative estimate of drug-likeness (QED) is 0.480. The highest BCUT2D eigenvalue weighted by Gasteiger charge is 2.77. The van der Waals surface area contributed by atoms with Crippen LogP contribution in [0.1, 0.15) is 40.0 Å². The van der Waals surface area contributed by atoms with E-state index in [9.17, 15) is 34.4 Å². The summed E-state index contributed by atoms with van der Waals surface area (Å²) in [7, 11) is 0. The predicted octanol–water partition coefficient (Wildman–Crippen LogP) is 1.46. The van der Waals surface area contributed by atoms with Crippen molar-refractivity contribution < 1.29 is 43.2 Å². The molecule has 0 radical (unpaired) electrons. The molecule has 0 spiro atoms. The Kier molecular flexibility index (Phi) is 4.74. The van der Waals surface area contributed by atoms with Gasteiger partial charge in [0.1, 0.15) is 11.8 Å². The molecule has 0 aromatic rings. The minimum atomic E-state index is -2.56. The Morgan fingerprint density at radius 1 is 1.23 bits per heavy atom. The standard InChI is InChI=1S/C22H27F3O6/c1-9-6-10-11-7-12(23)15-16(24)13(26)4-5-19(15,2)21(11,25)14(27)8-20(10,3)22(9,31)17(28)18(29)30/h4-5,9-12,14,18,27,29-31H,6-8H2,1-3H3/t9?,10-,11-,12?,14?,19-,20-,21-,22-/m0/s1. The van der Waals surface area contributed by atoms with Crippen molar-refractivity contribution in [2.24, 2.45) is 28.6 Å². The van der Waals surface area contributed by atoms with E-state index < -0.39 is 94.2 Å². The molecule has 4 aliphatic carbocycles. The maximum atomic E-state index is 16.9. The number of Topliss-reactive ketones (excluding diaryl/α,β-unsaturated/α-hetero) is 1. The largest absolute Gasteiger partial charge is 0.390 e. The second-order valence-corrected chi connectivity index (χ2v) is 10.1. The summed E-state index contributed by atoms with van der Waals surface area (Å²) < 4.78 is 46.8. The fraction of sp³-hybridized carbons (Fsp3) is 0.727. The van der Waals surface area contributed by atoms with E-state index in [4.69, 9.17) is 0 Å². The molecule has 4 aliphatic rings. The van der Waals surface area contributed by atoms with Crippen LogP contribution in [0.3, 0.4) is 0 Å². The lowest BCUT2D eigenvalue weighted by Gasteiger charge is -2.63. The molecule has 3 fully saturated rings. The fourth-order valence-corrected chi connectivity index (χ4v) is 7.35. The maximum Gasteiger partial charge on any atom is 0.220 e. The summed E-state index contributed by atoms with van der Waals surface area (Å²) in [4.78, 5) is 24.4. The lowest BCUT2D eigenvalue weighted by atomic mass is 9.44. The van der Waals surface area contributed by atoms with Crippen molar-refractivity contribution in [2.45, 2.75) is 69.9 Å². The number of aliphatic hydroxyl groups excluding tert-OH is 2. The summed E-state index contributed by atoms with van der Waals surface area (Å²) in [6.45, 7) is 4.23. The molecule has 31 heavy (non-hydrogen) atoms. The number of aliphatic hydroxyl groups is 4. The molecular weight excluding hydrogens is 417 g/mol. The molecule has 0 saturated heterocycles. The van der Waals surface area contributed by atoms with Gasteiger partial charge in [0, 0.05) is 22.3 Å². The van der Waals surface area contributed by atoms with Gasteiger partial charge in [0.05, 0.1) is 6.10 Å². The Morgan fingerprint density at radius 2 is 1.84 bits per heavy atom. The van der Waals surface area contributed by atoms with Gasteiger partial charge in [-0.3, -0.25) is 9.59 Å². The van der Waals surface area contributed by atoms with E-state index in [1.54, 1.807) is 0 Å². The number of hydrogen-bond acceptors (Lipinski definition) is 6. The van der Waals surface area contributed by atoms with Gasteiger partial charge in [0.25, 0.3) is 0 Å². The number of ketones is 2. The Balaban J connectivity index is 1.89. The summed E-state index contributed by atoms with van der Waals surface area (Å²) in [6.07, 6.45) is -5.25. The van der Waals surface area contributed by atoms with Crippen LogP contribution in [0.4, 0.5) is 13.2 Å². The number of fused-ring (bicyclic) bond motifs is 5. The van der Waals surface area contributed by atoms with Crippen molar-refractivity contribution in [1.82, 2.24) is 0 Å². The molecule has 3 unspecified atom stereocenters. The van der Waals surface area contributed by atoms with Crippen LogP contribution in [0, 0.1) is 28.6 Å². The Bertz CT molecular complexity index is 917. The van der Waals surface area contributed by atoms with Crippen molar-refractivity contribution in [3.05, 3.63) is 23.6 Å². The van der Waals surface area contributed by atoms with Crippen LogP contribution in [-0.4, -0.2) is 61.8 Å². The number of carbonyl (C=O) groups is 2. The molecule has 0 bridgehead atoms. The van der Waals surface area contributed by atoms with E-state index >= 15 is 8.78 Å². The van der Waals surface area contributed by atoms with Gasteiger partial charge in [-0.15, -0.1) is 0 Å². The smallest absolute Gasteiger partial charge is 0.220 e. The molecular formula is C22H27F3O6. The summed E-state index contributed by atoms with van der Waals surface area (Å²) >= 11 is 0. The molecule has 9 atom stereocenters. The zero-order valence-electron chi connectivity index (χ0n) is 17.5. The van der Waals surface area contributed by atoms with Gasteiger partial charge in [-0.05, 0) is 44.1 Å². The molecule has 0 heterocycles. The molecule has 0 aromatic heterocycles. The number of alkyl halides is 2. The number of carbonyl (C=O) groups excluding carboxylic acids is 2.